The summed E-state index contributed by atoms with van der Waals surface area (Å²) in [6.45, 7) is 2.49. The number of hydrogen-bond acceptors (Lipinski definition) is 6. The van der Waals surface area contributed by atoms with Crippen LogP contribution in [0.25, 0.3) is 11.4 Å². The van der Waals surface area contributed by atoms with E-state index in [1.165, 1.54) is 16.6 Å². The van der Waals surface area contributed by atoms with E-state index in [2.05, 4.69) is 26.6 Å². The Kier molecular flexibility index (Phi) is 6.30. The van der Waals surface area contributed by atoms with Crippen LogP contribution >= 0.6 is 23.1 Å². The number of methoxy groups -OCH3 is 1. The molecule has 2 aromatic heterocycles. The van der Waals surface area contributed by atoms with Gasteiger partial charge in [0.15, 0.2) is 5.82 Å². The first-order chi connectivity index (χ1) is 12.7. The number of aromatic amines is 1. The van der Waals surface area contributed by atoms with Crippen molar-refractivity contribution in [2.45, 2.75) is 23.8 Å². The van der Waals surface area contributed by atoms with Gasteiger partial charge in [0.25, 0.3) is 0 Å². The van der Waals surface area contributed by atoms with Crippen molar-refractivity contribution in [3.05, 3.63) is 46.7 Å². The Hall–Kier alpha value is -2.32. The molecule has 3 aromatic rings. The van der Waals surface area contributed by atoms with Crippen LogP contribution in [0.5, 0.6) is 5.75 Å². The number of nitrogens with zero attached hydrogens (tertiary/aromatic N) is 2. The Morgan fingerprint density at radius 3 is 2.85 bits per heavy atom. The molecule has 0 saturated carbocycles. The summed E-state index contributed by atoms with van der Waals surface area (Å²) in [6, 6.07) is 11.7. The van der Waals surface area contributed by atoms with E-state index in [-0.39, 0.29) is 11.2 Å². The van der Waals surface area contributed by atoms with E-state index in [9.17, 15) is 4.79 Å². The van der Waals surface area contributed by atoms with E-state index in [0.717, 1.165) is 17.7 Å². The fourth-order valence-corrected chi connectivity index (χ4v) is 3.75. The lowest BCUT2D eigenvalue weighted by Gasteiger charge is -2.09. The van der Waals surface area contributed by atoms with Crippen LogP contribution in [0, 0.1) is 0 Å². The highest BCUT2D eigenvalue weighted by Crippen LogP contribution is 2.24. The van der Waals surface area contributed by atoms with Gasteiger partial charge < -0.3 is 10.1 Å². The van der Waals surface area contributed by atoms with Crippen LogP contribution in [0.15, 0.2) is 46.9 Å². The standard InChI is InChI=1S/C18H20N4O2S2/c1-12(17(23)19-10-9-15-4-3-11-25-15)26-18-20-16(21-22-18)13-5-7-14(24-2)8-6-13/h3-8,11-12H,9-10H2,1-2H3,(H,19,23)(H,20,21,22). The van der Waals surface area contributed by atoms with Crippen LogP contribution in [0.4, 0.5) is 0 Å². The molecule has 0 saturated heterocycles. The van der Waals surface area contributed by atoms with Gasteiger partial charge in [-0.2, -0.15) is 0 Å². The molecule has 1 amide bonds. The predicted octanol–water partition coefficient (Wildman–Crippen LogP) is 3.38. The Balaban J connectivity index is 1.51. The molecule has 0 fully saturated rings. The van der Waals surface area contributed by atoms with E-state index >= 15 is 0 Å². The monoisotopic (exact) mass is 388 g/mol. The van der Waals surface area contributed by atoms with Crippen molar-refractivity contribution >= 4 is 29.0 Å². The van der Waals surface area contributed by atoms with Crippen LogP contribution in [0.1, 0.15) is 11.8 Å². The molecule has 26 heavy (non-hydrogen) atoms. The van der Waals surface area contributed by atoms with Crippen LogP contribution in [-0.2, 0) is 11.2 Å². The number of nitrogens with one attached hydrogen (secondary N) is 2. The third-order valence-corrected chi connectivity index (χ3v) is 5.63. The third kappa shape index (κ3) is 4.86. The van der Waals surface area contributed by atoms with Gasteiger partial charge in [0.2, 0.25) is 11.1 Å². The van der Waals surface area contributed by atoms with Gasteiger partial charge in [-0.1, -0.05) is 17.8 Å². The molecule has 0 aliphatic carbocycles. The molecule has 0 radical (unpaired) electrons. The molecule has 2 N–H and O–H groups in total. The van der Waals surface area contributed by atoms with Crippen LogP contribution in [0.2, 0.25) is 0 Å². The van der Waals surface area contributed by atoms with Gasteiger partial charge in [-0.25, -0.2) is 4.98 Å². The maximum Gasteiger partial charge on any atom is 0.233 e. The van der Waals surface area contributed by atoms with Crippen molar-refractivity contribution in [1.82, 2.24) is 20.5 Å². The highest BCUT2D eigenvalue weighted by Gasteiger charge is 2.17. The minimum Gasteiger partial charge on any atom is -0.497 e. The number of thiophene rings is 1. The number of ether oxygens (including phenoxy) is 1. The van der Waals surface area contributed by atoms with E-state index in [0.29, 0.717) is 17.5 Å². The minimum atomic E-state index is -0.266. The summed E-state index contributed by atoms with van der Waals surface area (Å²) in [5.74, 6) is 1.44. The summed E-state index contributed by atoms with van der Waals surface area (Å²) in [5.41, 5.74) is 0.915. The van der Waals surface area contributed by atoms with E-state index in [1.807, 2.05) is 42.6 Å². The Morgan fingerprint density at radius 1 is 1.35 bits per heavy atom. The second kappa shape index (κ2) is 8.86. The second-order valence-corrected chi connectivity index (χ2v) is 7.92. The van der Waals surface area contributed by atoms with Gasteiger partial charge in [0.05, 0.1) is 12.4 Å². The Labute approximate surface area is 160 Å². The maximum absolute atomic E-state index is 12.2. The number of benzene rings is 1. The summed E-state index contributed by atoms with van der Waals surface area (Å²) in [7, 11) is 1.63. The average molecular weight is 389 g/mol. The number of H-pyrrole nitrogens is 1. The van der Waals surface area contributed by atoms with Crippen molar-refractivity contribution in [2.75, 3.05) is 13.7 Å². The molecule has 1 atom stereocenters. The molecule has 3 rings (SSSR count). The molecule has 6 nitrogen and oxygen atoms in total. The van der Waals surface area contributed by atoms with Crippen LogP contribution in [0.3, 0.4) is 0 Å². The summed E-state index contributed by atoms with van der Waals surface area (Å²) in [6.07, 6.45) is 0.850. The number of carbonyl (C=O) groups excluding carboxylic acids is 1. The first kappa shape index (κ1) is 18.5. The molecule has 0 bridgehead atoms. The van der Waals surface area contributed by atoms with Crippen LogP contribution < -0.4 is 10.1 Å². The lowest BCUT2D eigenvalue weighted by molar-refractivity contribution is -0.120. The van der Waals surface area contributed by atoms with E-state index in [1.54, 1.807) is 18.4 Å². The smallest absolute Gasteiger partial charge is 0.233 e. The van der Waals surface area contributed by atoms with E-state index < -0.39 is 0 Å². The fourth-order valence-electron chi connectivity index (χ4n) is 2.30. The molecule has 0 spiro atoms. The zero-order chi connectivity index (χ0) is 18.4. The van der Waals surface area contributed by atoms with E-state index in [4.69, 9.17) is 4.74 Å². The number of carbonyl (C=O) groups is 1. The van der Waals surface area contributed by atoms with Gasteiger partial charge in [-0.3, -0.25) is 9.89 Å². The summed E-state index contributed by atoms with van der Waals surface area (Å²) < 4.78 is 5.15. The lowest BCUT2D eigenvalue weighted by atomic mass is 10.2. The topological polar surface area (TPSA) is 79.9 Å². The fraction of sp³-hybridized carbons (Fsp3) is 0.278. The molecule has 1 unspecified atom stereocenters. The minimum absolute atomic E-state index is 0.0117. The van der Waals surface area contributed by atoms with Gasteiger partial charge in [0.1, 0.15) is 5.75 Å². The molecule has 8 heteroatoms. The Morgan fingerprint density at radius 2 is 2.15 bits per heavy atom. The highest BCUT2D eigenvalue weighted by atomic mass is 32.2. The van der Waals surface area contributed by atoms with Crippen LogP contribution in [-0.4, -0.2) is 40.0 Å². The SMILES string of the molecule is COc1ccc(-c2nc(SC(C)C(=O)NCCc3cccs3)n[nH]2)cc1. The zero-order valence-electron chi connectivity index (χ0n) is 14.6. The van der Waals surface area contributed by atoms with Gasteiger partial charge in [-0.15, -0.1) is 16.4 Å². The van der Waals surface area contributed by atoms with Gasteiger partial charge in [0, 0.05) is 17.0 Å². The molecule has 1 aromatic carbocycles. The number of amides is 1. The van der Waals surface area contributed by atoms with Crippen molar-refractivity contribution in [1.29, 1.82) is 0 Å². The largest absolute Gasteiger partial charge is 0.497 e. The van der Waals surface area contributed by atoms with Crippen molar-refractivity contribution in [2.24, 2.45) is 0 Å². The summed E-state index contributed by atoms with van der Waals surface area (Å²) in [5, 5.41) is 12.4. The molecule has 136 valence electrons. The summed E-state index contributed by atoms with van der Waals surface area (Å²) in [4.78, 5) is 17.9. The third-order valence-electron chi connectivity index (χ3n) is 3.73. The van der Waals surface area contributed by atoms with Crippen molar-refractivity contribution in [3.63, 3.8) is 0 Å². The molecule has 0 aliphatic heterocycles. The number of rotatable bonds is 8. The second-order valence-electron chi connectivity index (χ2n) is 5.58. The first-order valence-corrected chi connectivity index (χ1v) is 9.95. The van der Waals surface area contributed by atoms with Gasteiger partial charge >= 0.3 is 0 Å². The van der Waals surface area contributed by atoms with Crippen molar-refractivity contribution < 1.29 is 9.53 Å². The molecular formula is C18H20N4O2S2. The van der Waals surface area contributed by atoms with Crippen molar-refractivity contribution in [3.8, 4) is 17.1 Å². The maximum atomic E-state index is 12.2. The highest BCUT2D eigenvalue weighted by molar-refractivity contribution is 8.00. The Bertz CT molecular complexity index is 831. The summed E-state index contributed by atoms with van der Waals surface area (Å²) >= 11 is 3.04. The molecular weight excluding hydrogens is 368 g/mol. The normalized spacial score (nSPS) is 11.9. The molecule has 0 aliphatic rings. The number of thioether (sulfide) groups is 1. The lowest BCUT2D eigenvalue weighted by Crippen LogP contribution is -2.32. The quantitative estimate of drug-likeness (QED) is 0.578. The zero-order valence-corrected chi connectivity index (χ0v) is 16.2. The number of hydrogen-bond donors (Lipinski definition) is 2. The predicted molar refractivity (Wildman–Crippen MR) is 105 cm³/mol. The first-order valence-electron chi connectivity index (χ1n) is 8.19. The van der Waals surface area contributed by atoms with Gasteiger partial charge in [-0.05, 0) is 49.1 Å². The number of aromatic nitrogens is 3. The average Bonchev–Trinajstić information content (AvgIpc) is 3.34. The molecule has 2 heterocycles.